The van der Waals surface area contributed by atoms with E-state index in [2.05, 4.69) is 5.10 Å². The van der Waals surface area contributed by atoms with E-state index in [4.69, 9.17) is 11.0 Å². The average Bonchev–Trinajstić information content (AvgIpc) is 2.68. The third-order valence-corrected chi connectivity index (χ3v) is 2.94. The van der Waals surface area contributed by atoms with E-state index in [0.717, 1.165) is 5.56 Å². The fourth-order valence-corrected chi connectivity index (χ4v) is 1.78. The Morgan fingerprint density at radius 2 is 1.90 bits per heavy atom. The van der Waals surface area contributed by atoms with E-state index in [0.29, 0.717) is 5.56 Å². The summed E-state index contributed by atoms with van der Waals surface area (Å²) in [5.74, 6) is 0. The topological polar surface area (TPSA) is 67.6 Å². The number of nitrogen functional groups attached to an aromatic ring is 1. The second kappa shape index (κ2) is 4.89. The monoisotopic (exact) mass is 280 g/mol. The maximum absolute atomic E-state index is 12.7. The quantitative estimate of drug-likeness (QED) is 0.919. The molecule has 2 rings (SSSR count). The Hall–Kier alpha value is -2.49. The molecule has 1 heterocycles. The van der Waals surface area contributed by atoms with E-state index in [1.807, 2.05) is 6.07 Å². The summed E-state index contributed by atoms with van der Waals surface area (Å²) in [6.45, 7) is 1.65. The maximum Gasteiger partial charge on any atom is 0.437 e. The SMILES string of the molecule is Cc1c(N)c(C(F)(F)F)nn1Cc1ccc(C#N)cc1. The molecule has 1 aromatic carbocycles. The number of nitriles is 1. The number of halogens is 3. The van der Waals surface area contributed by atoms with Gasteiger partial charge in [0.1, 0.15) is 0 Å². The van der Waals surface area contributed by atoms with E-state index in [1.165, 1.54) is 11.6 Å². The first-order valence-corrected chi connectivity index (χ1v) is 5.72. The summed E-state index contributed by atoms with van der Waals surface area (Å²) in [6, 6.07) is 8.51. The molecule has 0 aliphatic rings. The number of alkyl halides is 3. The van der Waals surface area contributed by atoms with Crippen LogP contribution in [0.4, 0.5) is 18.9 Å². The molecule has 0 amide bonds. The van der Waals surface area contributed by atoms with Crippen LogP contribution in [0.3, 0.4) is 0 Å². The number of hydrogen-bond donors (Lipinski definition) is 1. The summed E-state index contributed by atoms with van der Waals surface area (Å²) in [5.41, 5.74) is 5.51. The fraction of sp³-hybridized carbons (Fsp3) is 0.231. The predicted octanol–water partition coefficient (Wildman–Crippen LogP) is 2.71. The van der Waals surface area contributed by atoms with Crippen molar-refractivity contribution in [2.45, 2.75) is 19.6 Å². The fourth-order valence-electron chi connectivity index (χ4n) is 1.78. The zero-order valence-electron chi connectivity index (χ0n) is 10.6. The molecule has 0 atom stereocenters. The molecule has 0 aliphatic heterocycles. The number of anilines is 1. The van der Waals surface area contributed by atoms with Crippen LogP contribution >= 0.6 is 0 Å². The minimum atomic E-state index is -4.56. The Labute approximate surface area is 113 Å². The van der Waals surface area contributed by atoms with Gasteiger partial charge in [-0.3, -0.25) is 4.68 Å². The molecule has 0 bridgehead atoms. The number of nitrogens with zero attached hydrogens (tertiary/aromatic N) is 3. The Kier molecular flexibility index (Phi) is 3.40. The third kappa shape index (κ3) is 2.59. The van der Waals surface area contributed by atoms with Crippen LogP contribution in [0, 0.1) is 18.3 Å². The van der Waals surface area contributed by atoms with Crippen LogP contribution in [0.15, 0.2) is 24.3 Å². The lowest BCUT2D eigenvalue weighted by Crippen LogP contribution is -2.10. The molecule has 0 saturated carbocycles. The van der Waals surface area contributed by atoms with Gasteiger partial charge in [0.05, 0.1) is 29.6 Å². The minimum Gasteiger partial charge on any atom is -0.395 e. The molecule has 2 N–H and O–H groups in total. The molecule has 0 radical (unpaired) electrons. The second-order valence-corrected chi connectivity index (χ2v) is 4.31. The highest BCUT2D eigenvalue weighted by atomic mass is 19.4. The first kappa shape index (κ1) is 13.9. The molecule has 104 valence electrons. The van der Waals surface area contributed by atoms with Gasteiger partial charge in [-0.1, -0.05) is 12.1 Å². The molecule has 0 aliphatic carbocycles. The van der Waals surface area contributed by atoms with Gasteiger partial charge < -0.3 is 5.73 Å². The molecular weight excluding hydrogens is 269 g/mol. The van der Waals surface area contributed by atoms with Crippen LogP contribution in [0.1, 0.15) is 22.5 Å². The maximum atomic E-state index is 12.7. The van der Waals surface area contributed by atoms with Crippen molar-refractivity contribution in [1.29, 1.82) is 5.26 Å². The highest BCUT2D eigenvalue weighted by Crippen LogP contribution is 2.34. The van der Waals surface area contributed by atoms with Gasteiger partial charge in [0.15, 0.2) is 5.69 Å². The smallest absolute Gasteiger partial charge is 0.395 e. The average molecular weight is 280 g/mol. The van der Waals surface area contributed by atoms with Gasteiger partial charge in [-0.2, -0.15) is 23.5 Å². The molecular formula is C13H11F3N4. The van der Waals surface area contributed by atoms with E-state index in [1.54, 1.807) is 24.3 Å². The van der Waals surface area contributed by atoms with Gasteiger partial charge in [-0.05, 0) is 24.6 Å². The molecule has 0 saturated heterocycles. The van der Waals surface area contributed by atoms with Crippen LogP contribution in [0.5, 0.6) is 0 Å². The molecule has 0 unspecified atom stereocenters. The molecule has 2 aromatic rings. The largest absolute Gasteiger partial charge is 0.437 e. The summed E-state index contributed by atoms with van der Waals surface area (Å²) >= 11 is 0. The summed E-state index contributed by atoms with van der Waals surface area (Å²) in [6.07, 6.45) is -4.56. The second-order valence-electron chi connectivity index (χ2n) is 4.31. The summed E-state index contributed by atoms with van der Waals surface area (Å²) < 4.78 is 39.3. The lowest BCUT2D eigenvalue weighted by Gasteiger charge is -2.04. The van der Waals surface area contributed by atoms with E-state index >= 15 is 0 Å². The van der Waals surface area contributed by atoms with Crippen LogP contribution in [0.25, 0.3) is 0 Å². The molecule has 4 nitrogen and oxygen atoms in total. The number of hydrogen-bond acceptors (Lipinski definition) is 3. The summed E-state index contributed by atoms with van der Waals surface area (Å²) in [7, 11) is 0. The number of rotatable bonds is 2. The molecule has 0 spiro atoms. The van der Waals surface area contributed by atoms with Gasteiger partial charge in [0, 0.05) is 0 Å². The van der Waals surface area contributed by atoms with Crippen molar-refractivity contribution >= 4 is 5.69 Å². The summed E-state index contributed by atoms with van der Waals surface area (Å²) in [4.78, 5) is 0. The molecule has 7 heteroatoms. The van der Waals surface area contributed by atoms with Crippen molar-refractivity contribution in [2.24, 2.45) is 0 Å². The van der Waals surface area contributed by atoms with Gasteiger partial charge in [0.25, 0.3) is 0 Å². The van der Waals surface area contributed by atoms with Crippen molar-refractivity contribution in [3.05, 3.63) is 46.8 Å². The third-order valence-electron chi connectivity index (χ3n) is 2.94. The van der Waals surface area contributed by atoms with Gasteiger partial charge in [-0.25, -0.2) is 0 Å². The molecule has 0 fully saturated rings. The van der Waals surface area contributed by atoms with Crippen molar-refractivity contribution in [3.63, 3.8) is 0 Å². The minimum absolute atomic E-state index is 0.165. The number of benzene rings is 1. The van der Waals surface area contributed by atoms with E-state index in [-0.39, 0.29) is 17.9 Å². The number of aromatic nitrogens is 2. The first-order chi connectivity index (χ1) is 9.32. The highest BCUT2D eigenvalue weighted by molar-refractivity contribution is 5.49. The predicted molar refractivity (Wildman–Crippen MR) is 66.6 cm³/mol. The van der Waals surface area contributed by atoms with E-state index < -0.39 is 11.9 Å². The Morgan fingerprint density at radius 1 is 1.30 bits per heavy atom. The Balaban J connectivity index is 2.32. The highest BCUT2D eigenvalue weighted by Gasteiger charge is 2.37. The van der Waals surface area contributed by atoms with Crippen LogP contribution in [0.2, 0.25) is 0 Å². The number of nitrogens with two attached hydrogens (primary N) is 1. The van der Waals surface area contributed by atoms with E-state index in [9.17, 15) is 13.2 Å². The van der Waals surface area contributed by atoms with Gasteiger partial charge in [0.2, 0.25) is 0 Å². The lowest BCUT2D eigenvalue weighted by molar-refractivity contribution is -0.140. The van der Waals surface area contributed by atoms with Crippen LogP contribution < -0.4 is 5.73 Å². The molecule has 20 heavy (non-hydrogen) atoms. The Morgan fingerprint density at radius 3 is 2.35 bits per heavy atom. The van der Waals surface area contributed by atoms with Gasteiger partial charge >= 0.3 is 6.18 Å². The van der Waals surface area contributed by atoms with Gasteiger partial charge in [-0.15, -0.1) is 0 Å². The zero-order valence-corrected chi connectivity index (χ0v) is 10.6. The first-order valence-electron chi connectivity index (χ1n) is 5.72. The normalized spacial score (nSPS) is 11.3. The van der Waals surface area contributed by atoms with Crippen molar-refractivity contribution in [2.75, 3.05) is 5.73 Å². The zero-order chi connectivity index (χ0) is 14.9. The van der Waals surface area contributed by atoms with Crippen molar-refractivity contribution in [3.8, 4) is 6.07 Å². The van der Waals surface area contributed by atoms with Crippen molar-refractivity contribution in [1.82, 2.24) is 9.78 Å². The standard InChI is InChI=1S/C13H11F3N4/c1-8-11(18)12(13(14,15)16)19-20(8)7-10-4-2-9(6-17)3-5-10/h2-5H,7,18H2,1H3. The molecule has 1 aromatic heterocycles. The van der Waals surface area contributed by atoms with Crippen molar-refractivity contribution < 1.29 is 13.2 Å². The lowest BCUT2D eigenvalue weighted by atomic mass is 10.1. The Bertz CT molecular complexity index is 663. The summed E-state index contributed by atoms with van der Waals surface area (Å²) in [5, 5.41) is 12.2. The van der Waals surface area contributed by atoms with Crippen LogP contribution in [-0.4, -0.2) is 9.78 Å². The van der Waals surface area contributed by atoms with Crippen LogP contribution in [-0.2, 0) is 12.7 Å².